The number of hydrogen-bond acceptors (Lipinski definition) is 4. The van der Waals surface area contributed by atoms with Crippen molar-refractivity contribution in [1.29, 1.82) is 5.26 Å². The molecule has 4 nitrogen and oxygen atoms in total. The molecule has 0 aliphatic heterocycles. The van der Waals surface area contributed by atoms with Gasteiger partial charge in [-0.3, -0.25) is 0 Å². The van der Waals surface area contributed by atoms with Crippen molar-refractivity contribution in [3.63, 3.8) is 0 Å². The van der Waals surface area contributed by atoms with E-state index in [2.05, 4.69) is 9.97 Å². The van der Waals surface area contributed by atoms with Crippen molar-refractivity contribution >= 4 is 0 Å². The number of nitrogens with zero attached hydrogens (tertiary/aromatic N) is 3. The van der Waals surface area contributed by atoms with E-state index in [1.54, 1.807) is 0 Å². The van der Waals surface area contributed by atoms with Crippen LogP contribution in [0.1, 0.15) is 26.0 Å². The Balaban J connectivity index is 2.65. The van der Waals surface area contributed by atoms with Crippen LogP contribution in [0.4, 0.5) is 0 Å². The minimum atomic E-state index is 0.127. The molecule has 1 aromatic heterocycles. The molecule has 0 fully saturated rings. The van der Waals surface area contributed by atoms with E-state index in [9.17, 15) is 0 Å². The van der Waals surface area contributed by atoms with Crippen molar-refractivity contribution in [3.05, 3.63) is 18.1 Å². The molecule has 1 unspecified atom stereocenters. The lowest BCUT2D eigenvalue weighted by Crippen LogP contribution is -2.10. The molecule has 0 bridgehead atoms. The van der Waals surface area contributed by atoms with Crippen LogP contribution in [-0.4, -0.2) is 16.1 Å². The lowest BCUT2D eigenvalue weighted by Gasteiger charge is -2.10. The van der Waals surface area contributed by atoms with Gasteiger partial charge < -0.3 is 4.74 Å². The van der Waals surface area contributed by atoms with E-state index < -0.39 is 0 Å². The van der Waals surface area contributed by atoms with Crippen molar-refractivity contribution < 1.29 is 4.74 Å². The largest absolute Gasteiger partial charge is 0.474 e. The van der Waals surface area contributed by atoms with Crippen LogP contribution in [0.2, 0.25) is 0 Å². The summed E-state index contributed by atoms with van der Waals surface area (Å²) in [7, 11) is 0. The van der Waals surface area contributed by atoms with Crippen molar-refractivity contribution in [1.82, 2.24) is 9.97 Å². The van der Waals surface area contributed by atoms with Crippen molar-refractivity contribution in [2.24, 2.45) is 0 Å². The van der Waals surface area contributed by atoms with Gasteiger partial charge in [0.05, 0.1) is 18.5 Å². The van der Waals surface area contributed by atoms with Gasteiger partial charge in [0.15, 0.2) is 5.69 Å². The molecule has 68 valence electrons. The van der Waals surface area contributed by atoms with Gasteiger partial charge in [0, 0.05) is 0 Å². The Hall–Kier alpha value is -1.63. The Labute approximate surface area is 77.2 Å². The molecule has 0 aromatic carbocycles. The van der Waals surface area contributed by atoms with Gasteiger partial charge in [0.25, 0.3) is 0 Å². The molecule has 0 saturated heterocycles. The Bertz CT molecular complexity index is 302. The second-order valence-electron chi connectivity index (χ2n) is 2.69. The molecule has 1 rings (SSSR count). The average Bonchev–Trinajstić information content (AvgIpc) is 2.19. The first-order valence-corrected chi connectivity index (χ1v) is 4.15. The lowest BCUT2D eigenvalue weighted by atomic mass is 10.3. The zero-order valence-corrected chi connectivity index (χ0v) is 7.69. The summed E-state index contributed by atoms with van der Waals surface area (Å²) in [6.45, 7) is 3.99. The maximum Gasteiger partial charge on any atom is 0.232 e. The monoisotopic (exact) mass is 177 g/mol. The summed E-state index contributed by atoms with van der Waals surface area (Å²) in [5.41, 5.74) is 0.302. The van der Waals surface area contributed by atoms with Crippen LogP contribution in [-0.2, 0) is 0 Å². The molecule has 1 atom stereocenters. The summed E-state index contributed by atoms with van der Waals surface area (Å²) in [6.07, 6.45) is 3.91. The lowest BCUT2D eigenvalue weighted by molar-refractivity contribution is 0.207. The first-order valence-electron chi connectivity index (χ1n) is 4.15. The number of nitriles is 1. The van der Waals surface area contributed by atoms with Gasteiger partial charge in [-0.25, -0.2) is 9.97 Å². The normalized spacial score (nSPS) is 11.8. The highest BCUT2D eigenvalue weighted by Crippen LogP contribution is 2.07. The maximum atomic E-state index is 8.46. The summed E-state index contributed by atoms with van der Waals surface area (Å²) in [4.78, 5) is 7.77. The third-order valence-corrected chi connectivity index (χ3v) is 1.64. The van der Waals surface area contributed by atoms with Crippen LogP contribution in [0.3, 0.4) is 0 Å². The van der Waals surface area contributed by atoms with Gasteiger partial charge >= 0.3 is 0 Å². The predicted octanol–water partition coefficient (Wildman–Crippen LogP) is 1.53. The van der Waals surface area contributed by atoms with E-state index in [4.69, 9.17) is 10.00 Å². The molecule has 1 heterocycles. The van der Waals surface area contributed by atoms with E-state index >= 15 is 0 Å². The molecular weight excluding hydrogens is 166 g/mol. The van der Waals surface area contributed by atoms with Crippen LogP contribution >= 0.6 is 0 Å². The molecule has 0 amide bonds. The zero-order chi connectivity index (χ0) is 9.68. The fourth-order valence-electron chi connectivity index (χ4n) is 0.724. The van der Waals surface area contributed by atoms with Crippen LogP contribution in [0, 0.1) is 11.3 Å². The molecular formula is C9H11N3O. The highest BCUT2D eigenvalue weighted by Gasteiger charge is 2.02. The highest BCUT2D eigenvalue weighted by atomic mass is 16.5. The van der Waals surface area contributed by atoms with E-state index in [0.717, 1.165) is 6.42 Å². The molecule has 1 aromatic rings. The van der Waals surface area contributed by atoms with Crippen LogP contribution in [0.25, 0.3) is 0 Å². The smallest absolute Gasteiger partial charge is 0.232 e. The molecule has 0 aliphatic carbocycles. The number of aromatic nitrogens is 2. The Kier molecular flexibility index (Phi) is 3.21. The Morgan fingerprint density at radius 2 is 2.31 bits per heavy atom. The maximum absolute atomic E-state index is 8.46. The highest BCUT2D eigenvalue weighted by molar-refractivity contribution is 5.18. The average molecular weight is 177 g/mol. The number of rotatable bonds is 3. The van der Waals surface area contributed by atoms with Crippen LogP contribution in [0.5, 0.6) is 5.88 Å². The van der Waals surface area contributed by atoms with Gasteiger partial charge in [-0.05, 0) is 13.3 Å². The molecule has 13 heavy (non-hydrogen) atoms. The van der Waals surface area contributed by atoms with Gasteiger partial charge in [-0.1, -0.05) is 6.92 Å². The second-order valence-corrected chi connectivity index (χ2v) is 2.69. The first kappa shape index (κ1) is 9.46. The summed E-state index contributed by atoms with van der Waals surface area (Å²) < 4.78 is 5.38. The quantitative estimate of drug-likeness (QED) is 0.702. The van der Waals surface area contributed by atoms with Gasteiger partial charge in [-0.2, -0.15) is 5.26 Å². The molecule has 0 aliphatic rings. The van der Waals surface area contributed by atoms with E-state index in [1.165, 1.54) is 12.4 Å². The third kappa shape index (κ3) is 2.71. The summed E-state index contributed by atoms with van der Waals surface area (Å²) >= 11 is 0. The SMILES string of the molecule is CCC(C)Oc1cnc(C#N)cn1. The van der Waals surface area contributed by atoms with Crippen molar-refractivity contribution in [2.45, 2.75) is 26.4 Å². The fourth-order valence-corrected chi connectivity index (χ4v) is 0.724. The van der Waals surface area contributed by atoms with Crippen molar-refractivity contribution in [2.75, 3.05) is 0 Å². The van der Waals surface area contributed by atoms with E-state index in [0.29, 0.717) is 11.6 Å². The molecule has 4 heteroatoms. The topological polar surface area (TPSA) is 58.8 Å². The first-order chi connectivity index (χ1) is 6.26. The third-order valence-electron chi connectivity index (χ3n) is 1.64. The van der Waals surface area contributed by atoms with Crippen LogP contribution in [0.15, 0.2) is 12.4 Å². The molecule has 0 spiro atoms. The number of hydrogen-bond donors (Lipinski definition) is 0. The summed E-state index contributed by atoms with van der Waals surface area (Å²) in [5.74, 6) is 0.466. The van der Waals surface area contributed by atoms with Gasteiger partial charge in [0.1, 0.15) is 6.07 Å². The minimum Gasteiger partial charge on any atom is -0.474 e. The Morgan fingerprint density at radius 1 is 1.54 bits per heavy atom. The zero-order valence-electron chi connectivity index (χ0n) is 7.69. The van der Waals surface area contributed by atoms with E-state index in [-0.39, 0.29) is 6.10 Å². The molecule has 0 radical (unpaired) electrons. The van der Waals surface area contributed by atoms with Gasteiger partial charge in [-0.15, -0.1) is 0 Å². The van der Waals surface area contributed by atoms with E-state index in [1.807, 2.05) is 19.9 Å². The minimum absolute atomic E-state index is 0.127. The number of ether oxygens (including phenoxy) is 1. The molecule has 0 saturated carbocycles. The molecule has 0 N–H and O–H groups in total. The fraction of sp³-hybridized carbons (Fsp3) is 0.444. The second kappa shape index (κ2) is 4.41. The van der Waals surface area contributed by atoms with Gasteiger partial charge in [0.2, 0.25) is 5.88 Å². The summed E-state index contributed by atoms with van der Waals surface area (Å²) in [5, 5.41) is 8.46. The predicted molar refractivity (Wildman–Crippen MR) is 47.1 cm³/mol. The Morgan fingerprint density at radius 3 is 2.77 bits per heavy atom. The van der Waals surface area contributed by atoms with Crippen molar-refractivity contribution in [3.8, 4) is 11.9 Å². The van der Waals surface area contributed by atoms with Crippen LogP contribution < -0.4 is 4.74 Å². The standard InChI is InChI=1S/C9H11N3O/c1-3-7(2)13-9-6-11-8(4-10)5-12-9/h5-7H,3H2,1-2H3. The summed E-state index contributed by atoms with van der Waals surface area (Å²) in [6, 6.07) is 1.89.